The van der Waals surface area contributed by atoms with Crippen LogP contribution in [-0.2, 0) is 4.79 Å². The summed E-state index contributed by atoms with van der Waals surface area (Å²) in [7, 11) is 0. The molecule has 1 aliphatic heterocycles. The molecule has 1 N–H and O–H groups in total. The third kappa shape index (κ3) is 4.22. The SMILES string of the molecule is CC(Oc1ccccc1)C(=O)Nc1cc(N2CCCCC2)ncn1. The summed E-state index contributed by atoms with van der Waals surface area (Å²) in [6.45, 7) is 3.71. The van der Waals surface area contributed by atoms with Crippen LogP contribution in [0.5, 0.6) is 5.75 Å². The number of anilines is 2. The highest BCUT2D eigenvalue weighted by atomic mass is 16.5. The van der Waals surface area contributed by atoms with E-state index in [2.05, 4.69) is 20.2 Å². The van der Waals surface area contributed by atoms with Gasteiger partial charge < -0.3 is 15.0 Å². The number of nitrogens with one attached hydrogen (secondary N) is 1. The van der Waals surface area contributed by atoms with Crippen LogP contribution in [0.1, 0.15) is 26.2 Å². The fourth-order valence-corrected chi connectivity index (χ4v) is 2.70. The molecule has 0 radical (unpaired) electrons. The maximum absolute atomic E-state index is 12.3. The number of amides is 1. The molecule has 0 spiro atoms. The summed E-state index contributed by atoms with van der Waals surface area (Å²) in [5.74, 6) is 1.79. The molecule has 1 fully saturated rings. The number of rotatable bonds is 5. The highest BCUT2D eigenvalue weighted by Crippen LogP contribution is 2.19. The number of carbonyl (C=O) groups excluding carboxylic acids is 1. The Bertz CT molecular complexity index is 672. The molecule has 6 heteroatoms. The average molecular weight is 326 g/mol. The molecule has 1 aromatic heterocycles. The van der Waals surface area contributed by atoms with Crippen molar-refractivity contribution >= 4 is 17.5 Å². The average Bonchev–Trinajstić information content (AvgIpc) is 2.63. The highest BCUT2D eigenvalue weighted by molar-refractivity contribution is 5.93. The molecular weight excluding hydrogens is 304 g/mol. The van der Waals surface area contributed by atoms with Gasteiger partial charge in [0, 0.05) is 19.2 Å². The first-order valence-electron chi connectivity index (χ1n) is 8.32. The second kappa shape index (κ2) is 7.77. The van der Waals surface area contributed by atoms with Gasteiger partial charge in [0.2, 0.25) is 0 Å². The van der Waals surface area contributed by atoms with Crippen LogP contribution in [0.25, 0.3) is 0 Å². The van der Waals surface area contributed by atoms with Crippen LogP contribution in [0.3, 0.4) is 0 Å². The zero-order valence-electron chi connectivity index (χ0n) is 13.8. The predicted molar refractivity (Wildman–Crippen MR) is 93.3 cm³/mol. The Morgan fingerprint density at radius 1 is 1.17 bits per heavy atom. The number of hydrogen-bond donors (Lipinski definition) is 1. The molecule has 0 aliphatic carbocycles. The number of hydrogen-bond acceptors (Lipinski definition) is 5. The summed E-state index contributed by atoms with van der Waals surface area (Å²) < 4.78 is 5.63. The van der Waals surface area contributed by atoms with E-state index in [1.54, 1.807) is 6.92 Å². The Kier molecular flexibility index (Phi) is 5.25. The van der Waals surface area contributed by atoms with Gasteiger partial charge in [-0.25, -0.2) is 9.97 Å². The van der Waals surface area contributed by atoms with E-state index in [1.165, 1.54) is 25.6 Å². The number of benzene rings is 1. The molecule has 3 rings (SSSR count). The smallest absolute Gasteiger partial charge is 0.266 e. The molecule has 1 aliphatic rings. The third-order valence-corrected chi connectivity index (χ3v) is 4.01. The fourth-order valence-electron chi connectivity index (χ4n) is 2.70. The van der Waals surface area contributed by atoms with Gasteiger partial charge in [0.25, 0.3) is 5.91 Å². The zero-order chi connectivity index (χ0) is 16.8. The molecule has 2 heterocycles. The summed E-state index contributed by atoms with van der Waals surface area (Å²) in [4.78, 5) is 23.0. The lowest BCUT2D eigenvalue weighted by Crippen LogP contribution is -2.32. The first kappa shape index (κ1) is 16.2. The quantitative estimate of drug-likeness (QED) is 0.915. The van der Waals surface area contributed by atoms with Crippen molar-refractivity contribution < 1.29 is 9.53 Å². The largest absolute Gasteiger partial charge is 0.481 e. The minimum absolute atomic E-state index is 0.234. The van der Waals surface area contributed by atoms with E-state index < -0.39 is 6.10 Å². The molecule has 0 bridgehead atoms. The van der Waals surface area contributed by atoms with E-state index in [0.717, 1.165) is 18.9 Å². The van der Waals surface area contributed by atoms with Crippen molar-refractivity contribution in [2.75, 3.05) is 23.3 Å². The van der Waals surface area contributed by atoms with Crippen LogP contribution in [0.4, 0.5) is 11.6 Å². The van der Waals surface area contributed by atoms with Crippen LogP contribution in [0.2, 0.25) is 0 Å². The minimum Gasteiger partial charge on any atom is -0.481 e. The summed E-state index contributed by atoms with van der Waals surface area (Å²) in [5.41, 5.74) is 0. The minimum atomic E-state index is -0.610. The van der Waals surface area contributed by atoms with Crippen LogP contribution >= 0.6 is 0 Å². The van der Waals surface area contributed by atoms with Crippen molar-refractivity contribution in [2.45, 2.75) is 32.3 Å². The Morgan fingerprint density at radius 3 is 2.67 bits per heavy atom. The van der Waals surface area contributed by atoms with Gasteiger partial charge in [-0.1, -0.05) is 18.2 Å². The maximum atomic E-state index is 12.3. The van der Waals surface area contributed by atoms with Crippen molar-refractivity contribution in [1.82, 2.24) is 9.97 Å². The second-order valence-corrected chi connectivity index (χ2v) is 5.87. The van der Waals surface area contributed by atoms with Gasteiger partial charge in [0.15, 0.2) is 6.10 Å². The Morgan fingerprint density at radius 2 is 1.92 bits per heavy atom. The number of nitrogens with zero attached hydrogens (tertiary/aromatic N) is 3. The number of ether oxygens (including phenoxy) is 1. The molecule has 1 aromatic carbocycles. The van der Waals surface area contributed by atoms with Gasteiger partial charge in [-0.15, -0.1) is 0 Å². The molecule has 24 heavy (non-hydrogen) atoms. The number of piperidine rings is 1. The van der Waals surface area contributed by atoms with E-state index in [9.17, 15) is 4.79 Å². The normalized spacial score (nSPS) is 15.6. The van der Waals surface area contributed by atoms with Crippen molar-refractivity contribution in [2.24, 2.45) is 0 Å². The van der Waals surface area contributed by atoms with Gasteiger partial charge in [0.1, 0.15) is 23.7 Å². The van der Waals surface area contributed by atoms with Crippen LogP contribution in [0, 0.1) is 0 Å². The molecular formula is C18H22N4O2. The lowest BCUT2D eigenvalue weighted by atomic mass is 10.1. The molecule has 6 nitrogen and oxygen atoms in total. The summed E-state index contributed by atoms with van der Waals surface area (Å²) in [6, 6.07) is 11.1. The summed E-state index contributed by atoms with van der Waals surface area (Å²) in [6.07, 6.45) is 4.49. The monoisotopic (exact) mass is 326 g/mol. The first-order chi connectivity index (χ1) is 11.7. The van der Waals surface area contributed by atoms with Gasteiger partial charge >= 0.3 is 0 Å². The number of para-hydroxylation sites is 1. The molecule has 1 unspecified atom stereocenters. The second-order valence-electron chi connectivity index (χ2n) is 5.87. The van der Waals surface area contributed by atoms with Gasteiger partial charge in [-0.05, 0) is 38.3 Å². The Hall–Kier alpha value is -2.63. The molecule has 1 amide bonds. The Balaban J connectivity index is 1.61. The lowest BCUT2D eigenvalue weighted by molar-refractivity contribution is -0.122. The van der Waals surface area contributed by atoms with Crippen molar-refractivity contribution in [3.8, 4) is 5.75 Å². The standard InChI is InChI=1S/C18H22N4O2/c1-14(24-15-8-4-2-5-9-15)18(23)21-16-12-17(20-13-19-16)22-10-6-3-7-11-22/h2,4-5,8-9,12-14H,3,6-7,10-11H2,1H3,(H,19,20,21,23). The van der Waals surface area contributed by atoms with Crippen LogP contribution < -0.4 is 15.0 Å². The highest BCUT2D eigenvalue weighted by Gasteiger charge is 2.17. The molecule has 2 aromatic rings. The van der Waals surface area contributed by atoms with Crippen molar-refractivity contribution in [3.05, 3.63) is 42.7 Å². The summed E-state index contributed by atoms with van der Waals surface area (Å²) >= 11 is 0. The molecule has 126 valence electrons. The maximum Gasteiger partial charge on any atom is 0.266 e. The summed E-state index contributed by atoms with van der Waals surface area (Å²) in [5, 5.41) is 2.80. The van der Waals surface area contributed by atoms with E-state index in [4.69, 9.17) is 4.74 Å². The lowest BCUT2D eigenvalue weighted by Gasteiger charge is -2.27. The van der Waals surface area contributed by atoms with Crippen LogP contribution in [-0.4, -0.2) is 35.1 Å². The third-order valence-electron chi connectivity index (χ3n) is 4.01. The van der Waals surface area contributed by atoms with Crippen molar-refractivity contribution in [1.29, 1.82) is 0 Å². The van der Waals surface area contributed by atoms with Gasteiger partial charge in [-0.2, -0.15) is 0 Å². The topological polar surface area (TPSA) is 67.3 Å². The predicted octanol–water partition coefficient (Wildman–Crippen LogP) is 2.87. The van der Waals surface area contributed by atoms with E-state index in [0.29, 0.717) is 11.6 Å². The van der Waals surface area contributed by atoms with E-state index >= 15 is 0 Å². The van der Waals surface area contributed by atoms with Crippen molar-refractivity contribution in [3.63, 3.8) is 0 Å². The molecule has 1 saturated heterocycles. The number of aromatic nitrogens is 2. The zero-order valence-corrected chi connectivity index (χ0v) is 13.8. The fraction of sp³-hybridized carbons (Fsp3) is 0.389. The van der Waals surface area contributed by atoms with E-state index in [1.807, 2.05) is 36.4 Å². The number of carbonyl (C=O) groups is 1. The van der Waals surface area contributed by atoms with Gasteiger partial charge in [-0.3, -0.25) is 4.79 Å². The van der Waals surface area contributed by atoms with Crippen LogP contribution in [0.15, 0.2) is 42.7 Å². The molecule has 0 saturated carbocycles. The van der Waals surface area contributed by atoms with Gasteiger partial charge in [0.05, 0.1) is 0 Å². The Labute approximate surface area is 141 Å². The van der Waals surface area contributed by atoms with E-state index in [-0.39, 0.29) is 5.91 Å². The first-order valence-corrected chi connectivity index (χ1v) is 8.32. The molecule has 1 atom stereocenters.